The summed E-state index contributed by atoms with van der Waals surface area (Å²) in [6, 6.07) is 12.2. The maximum Gasteiger partial charge on any atom is 0.261 e. The van der Waals surface area contributed by atoms with Gasteiger partial charge in [-0.05, 0) is 55.2 Å². The van der Waals surface area contributed by atoms with Gasteiger partial charge in [0, 0.05) is 17.6 Å². The molecule has 31 heavy (non-hydrogen) atoms. The molecule has 7 heteroatoms. The van der Waals surface area contributed by atoms with Crippen LogP contribution in [0.5, 0.6) is 5.75 Å². The zero-order valence-electron chi connectivity index (χ0n) is 17.7. The quantitative estimate of drug-likeness (QED) is 0.606. The second-order valence-electron chi connectivity index (χ2n) is 7.77. The van der Waals surface area contributed by atoms with Crippen molar-refractivity contribution in [1.82, 2.24) is 10.2 Å². The summed E-state index contributed by atoms with van der Waals surface area (Å²) in [5.74, 6) is -0.487. The number of halogens is 2. The third-order valence-electron chi connectivity index (χ3n) is 5.56. The number of hydrogen-bond donors (Lipinski definition) is 1. The summed E-state index contributed by atoms with van der Waals surface area (Å²) in [6.45, 7) is 1.82. The third-order valence-corrected chi connectivity index (χ3v) is 5.93. The molecular weight excluding hydrogens is 419 g/mol. The van der Waals surface area contributed by atoms with E-state index in [1.807, 2.05) is 25.1 Å². The SMILES string of the molecule is CC[C@H](C(=O)NC1CCCC1)N(Cc1ccccc1Cl)C(=O)COc1ccc(F)cc1. The summed E-state index contributed by atoms with van der Waals surface area (Å²) in [7, 11) is 0. The first-order valence-corrected chi connectivity index (χ1v) is 11.1. The molecule has 0 radical (unpaired) electrons. The Balaban J connectivity index is 1.76. The summed E-state index contributed by atoms with van der Waals surface area (Å²) in [5.41, 5.74) is 0.756. The van der Waals surface area contributed by atoms with Gasteiger partial charge in [0.25, 0.3) is 5.91 Å². The molecule has 1 aliphatic carbocycles. The molecule has 1 aliphatic rings. The Morgan fingerprint density at radius 2 is 1.84 bits per heavy atom. The van der Waals surface area contributed by atoms with Crippen molar-refractivity contribution in [3.8, 4) is 5.75 Å². The van der Waals surface area contributed by atoms with Gasteiger partial charge >= 0.3 is 0 Å². The Morgan fingerprint density at radius 1 is 1.16 bits per heavy atom. The molecular formula is C24H28ClFN2O3. The zero-order valence-corrected chi connectivity index (χ0v) is 18.4. The standard InChI is InChI=1S/C24H28ClFN2O3/c1-2-22(24(30)27-19-8-4-5-9-19)28(15-17-7-3-6-10-21(17)25)23(29)16-31-20-13-11-18(26)12-14-20/h3,6-7,10-14,19,22H,2,4-5,8-9,15-16H2,1H3,(H,27,30)/t22-/m1/s1. The van der Waals surface area contributed by atoms with Crippen LogP contribution < -0.4 is 10.1 Å². The molecule has 2 amide bonds. The van der Waals surface area contributed by atoms with E-state index < -0.39 is 6.04 Å². The maximum atomic E-state index is 13.1. The molecule has 1 atom stereocenters. The molecule has 1 saturated carbocycles. The lowest BCUT2D eigenvalue weighted by molar-refractivity contribution is -0.143. The van der Waals surface area contributed by atoms with Crippen molar-refractivity contribution in [2.45, 2.75) is 57.7 Å². The Kier molecular flexibility index (Phi) is 8.29. The van der Waals surface area contributed by atoms with Crippen LogP contribution in [0, 0.1) is 5.82 Å². The van der Waals surface area contributed by atoms with Gasteiger partial charge in [-0.15, -0.1) is 0 Å². The first kappa shape index (κ1) is 23.1. The summed E-state index contributed by atoms with van der Waals surface area (Å²) in [5, 5.41) is 3.63. The molecule has 2 aromatic carbocycles. The van der Waals surface area contributed by atoms with Crippen molar-refractivity contribution < 1.29 is 18.7 Å². The number of carbonyl (C=O) groups excluding carboxylic acids is 2. The normalized spacial score (nSPS) is 14.8. The first-order valence-electron chi connectivity index (χ1n) is 10.7. The highest BCUT2D eigenvalue weighted by molar-refractivity contribution is 6.31. The van der Waals surface area contributed by atoms with E-state index in [1.54, 1.807) is 6.07 Å². The van der Waals surface area contributed by atoms with Gasteiger partial charge < -0.3 is 15.0 Å². The van der Waals surface area contributed by atoms with Crippen molar-refractivity contribution in [3.63, 3.8) is 0 Å². The van der Waals surface area contributed by atoms with Crippen molar-refractivity contribution in [1.29, 1.82) is 0 Å². The van der Waals surface area contributed by atoms with Crippen LogP contribution in [0.2, 0.25) is 5.02 Å². The van der Waals surface area contributed by atoms with Crippen LogP contribution in [-0.4, -0.2) is 35.4 Å². The number of nitrogens with one attached hydrogen (secondary N) is 1. The zero-order chi connectivity index (χ0) is 22.2. The molecule has 0 saturated heterocycles. The molecule has 166 valence electrons. The molecule has 0 bridgehead atoms. The predicted octanol–water partition coefficient (Wildman–Crippen LogP) is 4.72. The number of rotatable bonds is 9. The summed E-state index contributed by atoms with van der Waals surface area (Å²) in [6.07, 6.45) is 4.61. The van der Waals surface area contributed by atoms with E-state index in [2.05, 4.69) is 5.32 Å². The van der Waals surface area contributed by atoms with Crippen molar-refractivity contribution in [2.75, 3.05) is 6.61 Å². The van der Waals surface area contributed by atoms with Gasteiger partial charge in [0.05, 0.1) is 0 Å². The van der Waals surface area contributed by atoms with E-state index >= 15 is 0 Å². The smallest absolute Gasteiger partial charge is 0.261 e. The Bertz CT molecular complexity index is 885. The van der Waals surface area contributed by atoms with Gasteiger partial charge in [-0.1, -0.05) is 49.6 Å². The monoisotopic (exact) mass is 446 g/mol. The Hall–Kier alpha value is -2.60. The van der Waals surface area contributed by atoms with Gasteiger partial charge in [0.15, 0.2) is 6.61 Å². The largest absolute Gasteiger partial charge is 0.484 e. The molecule has 1 N–H and O–H groups in total. The van der Waals surface area contributed by atoms with E-state index in [4.69, 9.17) is 16.3 Å². The lowest BCUT2D eigenvalue weighted by atomic mass is 10.1. The molecule has 0 unspecified atom stereocenters. The summed E-state index contributed by atoms with van der Waals surface area (Å²) < 4.78 is 18.7. The van der Waals surface area contributed by atoms with Crippen LogP contribution in [0.1, 0.15) is 44.6 Å². The first-order chi connectivity index (χ1) is 15.0. The lowest BCUT2D eigenvalue weighted by Crippen LogP contribution is -2.52. The summed E-state index contributed by atoms with van der Waals surface area (Å²) >= 11 is 6.32. The number of hydrogen-bond acceptors (Lipinski definition) is 3. The van der Waals surface area contributed by atoms with Crippen LogP contribution >= 0.6 is 11.6 Å². The number of nitrogens with zero attached hydrogens (tertiary/aromatic N) is 1. The van der Waals surface area contributed by atoms with Crippen LogP contribution in [0.25, 0.3) is 0 Å². The average Bonchev–Trinajstić information content (AvgIpc) is 3.27. The fourth-order valence-corrected chi connectivity index (χ4v) is 4.05. The molecule has 0 aromatic heterocycles. The minimum absolute atomic E-state index is 0.156. The second-order valence-corrected chi connectivity index (χ2v) is 8.18. The fraction of sp³-hybridized carbons (Fsp3) is 0.417. The van der Waals surface area contributed by atoms with Crippen LogP contribution in [-0.2, 0) is 16.1 Å². The fourth-order valence-electron chi connectivity index (χ4n) is 3.86. The van der Waals surface area contributed by atoms with E-state index in [1.165, 1.54) is 29.2 Å². The molecule has 0 heterocycles. The molecule has 5 nitrogen and oxygen atoms in total. The van der Waals surface area contributed by atoms with Crippen molar-refractivity contribution >= 4 is 23.4 Å². The molecule has 3 rings (SSSR count). The highest BCUT2D eigenvalue weighted by Crippen LogP contribution is 2.22. The maximum absolute atomic E-state index is 13.1. The minimum atomic E-state index is -0.638. The third kappa shape index (κ3) is 6.44. The average molecular weight is 447 g/mol. The van der Waals surface area contributed by atoms with Crippen molar-refractivity contribution in [3.05, 3.63) is 64.9 Å². The second kappa shape index (κ2) is 11.1. The van der Waals surface area contributed by atoms with Gasteiger partial charge in [-0.2, -0.15) is 0 Å². The number of benzene rings is 2. The molecule has 0 aliphatic heterocycles. The Morgan fingerprint density at radius 3 is 2.48 bits per heavy atom. The molecule has 0 spiro atoms. The van der Waals surface area contributed by atoms with E-state index in [0.29, 0.717) is 17.2 Å². The van der Waals surface area contributed by atoms with Gasteiger partial charge in [-0.25, -0.2) is 4.39 Å². The van der Waals surface area contributed by atoms with Gasteiger partial charge in [-0.3, -0.25) is 9.59 Å². The lowest BCUT2D eigenvalue weighted by Gasteiger charge is -2.31. The van der Waals surface area contributed by atoms with E-state index in [0.717, 1.165) is 31.2 Å². The topological polar surface area (TPSA) is 58.6 Å². The molecule has 1 fully saturated rings. The summed E-state index contributed by atoms with van der Waals surface area (Å²) in [4.78, 5) is 27.7. The number of ether oxygens (including phenoxy) is 1. The number of amides is 2. The number of carbonyl (C=O) groups is 2. The highest BCUT2D eigenvalue weighted by atomic mass is 35.5. The van der Waals surface area contributed by atoms with Gasteiger partial charge in [0.2, 0.25) is 5.91 Å². The van der Waals surface area contributed by atoms with Crippen LogP contribution in [0.4, 0.5) is 4.39 Å². The van der Waals surface area contributed by atoms with E-state index in [9.17, 15) is 14.0 Å². The van der Waals surface area contributed by atoms with Crippen LogP contribution in [0.3, 0.4) is 0 Å². The highest BCUT2D eigenvalue weighted by Gasteiger charge is 2.31. The van der Waals surface area contributed by atoms with Gasteiger partial charge in [0.1, 0.15) is 17.6 Å². The van der Waals surface area contributed by atoms with Crippen molar-refractivity contribution in [2.24, 2.45) is 0 Å². The minimum Gasteiger partial charge on any atom is -0.484 e. The predicted molar refractivity (Wildman–Crippen MR) is 118 cm³/mol. The van der Waals surface area contributed by atoms with Crippen LogP contribution in [0.15, 0.2) is 48.5 Å². The molecule has 2 aromatic rings. The Labute approximate surface area is 187 Å². The van der Waals surface area contributed by atoms with E-state index in [-0.39, 0.29) is 36.8 Å².